The molecular formula is C17H11ClN2O2. The van der Waals surface area contributed by atoms with Crippen LogP contribution < -0.4 is 10.1 Å². The zero-order valence-electron chi connectivity index (χ0n) is 11.4. The first-order valence-corrected chi connectivity index (χ1v) is 7.21. The van der Waals surface area contributed by atoms with Crippen LogP contribution in [0.15, 0.2) is 54.7 Å². The van der Waals surface area contributed by atoms with Gasteiger partial charge in [0.25, 0.3) is 5.91 Å². The average Bonchev–Trinajstić information content (AvgIpc) is 2.55. The van der Waals surface area contributed by atoms with Crippen molar-refractivity contribution in [2.24, 2.45) is 0 Å². The highest BCUT2D eigenvalue weighted by Gasteiger charge is 2.27. The molecule has 1 aliphatic heterocycles. The summed E-state index contributed by atoms with van der Waals surface area (Å²) in [5, 5.41) is 4.15. The Balaban J connectivity index is 1.82. The standard InChI is InChI=1S/C17H11ClN2O2/c18-13-6-7-19-14-9-15-12(8-11(13)14)16(21)20-17(22-15)10-4-2-1-3-5-10/h1-9,17H,(H,20,21). The van der Waals surface area contributed by atoms with Crippen LogP contribution in [0.3, 0.4) is 0 Å². The van der Waals surface area contributed by atoms with E-state index < -0.39 is 6.23 Å². The molecule has 0 fully saturated rings. The minimum Gasteiger partial charge on any atom is -0.465 e. The van der Waals surface area contributed by atoms with Gasteiger partial charge in [0.1, 0.15) is 5.75 Å². The summed E-state index contributed by atoms with van der Waals surface area (Å²) < 4.78 is 5.92. The van der Waals surface area contributed by atoms with Gasteiger partial charge >= 0.3 is 0 Å². The lowest BCUT2D eigenvalue weighted by molar-refractivity contribution is 0.0757. The number of carbonyl (C=O) groups excluding carboxylic acids is 1. The van der Waals surface area contributed by atoms with Crippen molar-refractivity contribution in [1.29, 1.82) is 0 Å². The zero-order chi connectivity index (χ0) is 15.1. The molecule has 108 valence electrons. The van der Waals surface area contributed by atoms with E-state index in [1.165, 1.54) is 0 Å². The number of benzene rings is 2. The molecule has 2 aromatic carbocycles. The summed E-state index contributed by atoms with van der Waals surface area (Å²) in [5.41, 5.74) is 2.06. The van der Waals surface area contributed by atoms with Crippen molar-refractivity contribution in [3.8, 4) is 5.75 Å². The first-order valence-electron chi connectivity index (χ1n) is 6.83. The van der Waals surface area contributed by atoms with E-state index in [1.54, 1.807) is 24.4 Å². The van der Waals surface area contributed by atoms with Crippen molar-refractivity contribution in [2.75, 3.05) is 0 Å². The molecule has 5 heteroatoms. The van der Waals surface area contributed by atoms with Crippen molar-refractivity contribution in [2.45, 2.75) is 6.23 Å². The van der Waals surface area contributed by atoms with Crippen molar-refractivity contribution in [3.05, 3.63) is 70.9 Å². The molecule has 0 spiro atoms. The number of rotatable bonds is 1. The van der Waals surface area contributed by atoms with Gasteiger partial charge in [-0.15, -0.1) is 0 Å². The minimum atomic E-state index is -0.502. The molecule has 3 aromatic rings. The Hall–Kier alpha value is -2.59. The Morgan fingerprint density at radius 1 is 1.14 bits per heavy atom. The number of halogens is 1. The second-order valence-corrected chi connectivity index (χ2v) is 5.45. The van der Waals surface area contributed by atoms with Gasteiger partial charge in [-0.25, -0.2) is 0 Å². The zero-order valence-corrected chi connectivity index (χ0v) is 12.2. The Morgan fingerprint density at radius 2 is 1.95 bits per heavy atom. The molecule has 0 saturated carbocycles. The highest BCUT2D eigenvalue weighted by atomic mass is 35.5. The maximum Gasteiger partial charge on any atom is 0.258 e. The highest BCUT2D eigenvalue weighted by Crippen LogP contribution is 2.34. The lowest BCUT2D eigenvalue weighted by Gasteiger charge is -2.27. The SMILES string of the molecule is O=C1NC(c2ccccc2)Oc2cc3nccc(Cl)c3cc21. The number of hydrogen-bond donors (Lipinski definition) is 1. The molecule has 4 rings (SSSR count). The Bertz CT molecular complexity index is 880. The fraction of sp³-hybridized carbons (Fsp3) is 0.0588. The number of pyridine rings is 1. The monoisotopic (exact) mass is 310 g/mol. The lowest BCUT2D eigenvalue weighted by atomic mass is 10.1. The van der Waals surface area contributed by atoms with Crippen LogP contribution >= 0.6 is 11.6 Å². The largest absolute Gasteiger partial charge is 0.465 e. The maximum absolute atomic E-state index is 12.4. The molecule has 0 aliphatic carbocycles. The number of fused-ring (bicyclic) bond motifs is 2. The van der Waals surface area contributed by atoms with E-state index in [9.17, 15) is 4.79 Å². The van der Waals surface area contributed by atoms with Crippen LogP contribution in [0.25, 0.3) is 10.9 Å². The maximum atomic E-state index is 12.4. The molecule has 1 amide bonds. The number of hydrogen-bond acceptors (Lipinski definition) is 3. The Morgan fingerprint density at radius 3 is 2.77 bits per heavy atom. The molecule has 0 radical (unpaired) electrons. The summed E-state index contributed by atoms with van der Waals surface area (Å²) in [7, 11) is 0. The third kappa shape index (κ3) is 2.09. The van der Waals surface area contributed by atoms with E-state index in [-0.39, 0.29) is 5.91 Å². The molecule has 0 saturated heterocycles. The second kappa shape index (κ2) is 5.00. The van der Waals surface area contributed by atoms with E-state index in [4.69, 9.17) is 16.3 Å². The molecule has 1 aromatic heterocycles. The average molecular weight is 311 g/mol. The third-order valence-corrected chi connectivity index (χ3v) is 3.97. The van der Waals surface area contributed by atoms with Gasteiger partial charge in [-0.05, 0) is 12.1 Å². The fourth-order valence-corrected chi connectivity index (χ4v) is 2.76. The van der Waals surface area contributed by atoms with E-state index in [1.807, 2.05) is 30.3 Å². The van der Waals surface area contributed by atoms with Crippen LogP contribution in [0.1, 0.15) is 22.1 Å². The van der Waals surface area contributed by atoms with Crippen molar-refractivity contribution >= 4 is 28.4 Å². The summed E-state index contributed by atoms with van der Waals surface area (Å²) in [6.07, 6.45) is 1.13. The van der Waals surface area contributed by atoms with Gasteiger partial charge in [-0.1, -0.05) is 41.9 Å². The van der Waals surface area contributed by atoms with Crippen molar-refractivity contribution < 1.29 is 9.53 Å². The predicted molar refractivity (Wildman–Crippen MR) is 84.0 cm³/mol. The summed E-state index contributed by atoms with van der Waals surface area (Å²) in [6, 6.07) is 14.7. The van der Waals surface area contributed by atoms with Gasteiger partial charge in [-0.3, -0.25) is 9.78 Å². The summed E-state index contributed by atoms with van der Waals surface area (Å²) >= 11 is 6.16. The first-order chi connectivity index (χ1) is 10.7. The normalized spacial score (nSPS) is 16.8. The van der Waals surface area contributed by atoms with E-state index in [0.29, 0.717) is 21.9 Å². The highest BCUT2D eigenvalue weighted by molar-refractivity contribution is 6.35. The van der Waals surface area contributed by atoms with Crippen molar-refractivity contribution in [1.82, 2.24) is 10.3 Å². The first kappa shape index (κ1) is 13.1. The Labute approximate surface area is 131 Å². The van der Waals surface area contributed by atoms with E-state index in [2.05, 4.69) is 10.3 Å². The smallest absolute Gasteiger partial charge is 0.258 e. The molecule has 1 N–H and O–H groups in total. The van der Waals surface area contributed by atoms with Crippen LogP contribution in [-0.4, -0.2) is 10.9 Å². The van der Waals surface area contributed by atoms with Gasteiger partial charge in [0, 0.05) is 23.2 Å². The number of aromatic nitrogens is 1. The second-order valence-electron chi connectivity index (χ2n) is 5.04. The summed E-state index contributed by atoms with van der Waals surface area (Å²) in [4.78, 5) is 16.6. The van der Waals surface area contributed by atoms with Crippen LogP contribution in [-0.2, 0) is 0 Å². The van der Waals surface area contributed by atoms with Crippen LogP contribution in [0.4, 0.5) is 0 Å². The van der Waals surface area contributed by atoms with Gasteiger partial charge in [0.2, 0.25) is 0 Å². The molecule has 2 heterocycles. The summed E-state index contributed by atoms with van der Waals surface area (Å²) in [5.74, 6) is 0.330. The number of carbonyl (C=O) groups is 1. The number of nitrogens with zero attached hydrogens (tertiary/aromatic N) is 1. The number of ether oxygens (including phenoxy) is 1. The number of nitrogens with one attached hydrogen (secondary N) is 1. The van der Waals surface area contributed by atoms with Crippen molar-refractivity contribution in [3.63, 3.8) is 0 Å². The van der Waals surface area contributed by atoms with Gasteiger partial charge in [0.05, 0.1) is 16.1 Å². The van der Waals surface area contributed by atoms with E-state index >= 15 is 0 Å². The quantitative estimate of drug-likeness (QED) is 0.745. The molecule has 1 unspecified atom stereocenters. The Kier molecular flexibility index (Phi) is 2.98. The molecule has 4 nitrogen and oxygen atoms in total. The third-order valence-electron chi connectivity index (χ3n) is 3.64. The van der Waals surface area contributed by atoms with Gasteiger partial charge in [0.15, 0.2) is 6.23 Å². The van der Waals surface area contributed by atoms with Gasteiger partial charge < -0.3 is 10.1 Å². The topological polar surface area (TPSA) is 51.2 Å². The lowest BCUT2D eigenvalue weighted by Crippen LogP contribution is -2.36. The summed E-state index contributed by atoms with van der Waals surface area (Å²) in [6.45, 7) is 0. The molecule has 1 atom stereocenters. The van der Waals surface area contributed by atoms with E-state index in [0.717, 1.165) is 10.9 Å². The molecule has 0 bridgehead atoms. The predicted octanol–water partition coefficient (Wildman–Crippen LogP) is 3.71. The molecule has 1 aliphatic rings. The molecule has 22 heavy (non-hydrogen) atoms. The molecular weight excluding hydrogens is 300 g/mol. The van der Waals surface area contributed by atoms with Gasteiger partial charge in [-0.2, -0.15) is 0 Å². The van der Waals surface area contributed by atoms with Crippen LogP contribution in [0.5, 0.6) is 5.75 Å². The minimum absolute atomic E-state index is 0.183. The van der Waals surface area contributed by atoms with Crippen LogP contribution in [0, 0.1) is 0 Å². The number of amides is 1. The van der Waals surface area contributed by atoms with Crippen LogP contribution in [0.2, 0.25) is 5.02 Å². The fourth-order valence-electron chi connectivity index (χ4n) is 2.55.